The molecule has 0 amide bonds. The first-order valence-electron chi connectivity index (χ1n) is 6.97. The molecule has 3 heteroatoms. The summed E-state index contributed by atoms with van der Waals surface area (Å²) in [6.45, 7) is 9.83. The minimum atomic E-state index is 0.511. The summed E-state index contributed by atoms with van der Waals surface area (Å²) in [5.41, 5.74) is 1.10. The number of rotatable bonds is 8. The molecule has 98 valence electrons. The molecule has 0 bridgehead atoms. The number of aryl methyl sites for hydroxylation is 2. The second-order valence-corrected chi connectivity index (χ2v) is 4.94. The van der Waals surface area contributed by atoms with Crippen LogP contribution in [0, 0.1) is 6.92 Å². The van der Waals surface area contributed by atoms with Gasteiger partial charge < -0.3 is 9.88 Å². The van der Waals surface area contributed by atoms with Gasteiger partial charge in [-0.2, -0.15) is 0 Å². The van der Waals surface area contributed by atoms with Gasteiger partial charge in [-0.25, -0.2) is 4.98 Å². The summed E-state index contributed by atoms with van der Waals surface area (Å²) in [4.78, 5) is 4.56. The summed E-state index contributed by atoms with van der Waals surface area (Å²) >= 11 is 0. The van der Waals surface area contributed by atoms with E-state index in [0.29, 0.717) is 6.04 Å². The van der Waals surface area contributed by atoms with Gasteiger partial charge in [0, 0.05) is 18.8 Å². The number of anilines is 1. The normalized spacial score (nSPS) is 12.7. The van der Waals surface area contributed by atoms with Gasteiger partial charge in [0.2, 0.25) is 5.95 Å². The molecule has 0 spiro atoms. The number of nitrogens with one attached hydrogen (secondary N) is 1. The zero-order valence-electron chi connectivity index (χ0n) is 11.8. The van der Waals surface area contributed by atoms with Gasteiger partial charge in [0.25, 0.3) is 0 Å². The molecule has 0 aliphatic carbocycles. The van der Waals surface area contributed by atoms with Crippen LogP contribution in [-0.4, -0.2) is 15.6 Å². The minimum absolute atomic E-state index is 0.511. The van der Waals surface area contributed by atoms with Crippen LogP contribution in [0.25, 0.3) is 0 Å². The van der Waals surface area contributed by atoms with Crippen molar-refractivity contribution in [1.29, 1.82) is 0 Å². The molecule has 1 N–H and O–H groups in total. The number of nitrogens with zero attached hydrogens (tertiary/aromatic N) is 2. The molecule has 1 heterocycles. The van der Waals surface area contributed by atoms with E-state index < -0.39 is 0 Å². The lowest BCUT2D eigenvalue weighted by molar-refractivity contribution is 0.609. The Bertz CT molecular complexity index is 317. The topological polar surface area (TPSA) is 29.9 Å². The Balaban J connectivity index is 2.55. The van der Waals surface area contributed by atoms with E-state index in [1.807, 2.05) is 0 Å². The number of imidazole rings is 1. The smallest absolute Gasteiger partial charge is 0.203 e. The predicted octanol–water partition coefficient (Wildman–Crippen LogP) is 3.98. The number of aromatic nitrogens is 2. The number of hydrogen-bond acceptors (Lipinski definition) is 2. The van der Waals surface area contributed by atoms with Gasteiger partial charge in [-0.3, -0.25) is 0 Å². The van der Waals surface area contributed by atoms with Crippen LogP contribution < -0.4 is 5.32 Å². The Morgan fingerprint density at radius 1 is 1.29 bits per heavy atom. The zero-order chi connectivity index (χ0) is 12.7. The second kappa shape index (κ2) is 7.36. The molecule has 0 fully saturated rings. The van der Waals surface area contributed by atoms with Crippen LogP contribution in [0.2, 0.25) is 0 Å². The Kier molecular flexibility index (Phi) is 6.09. The van der Waals surface area contributed by atoms with E-state index in [-0.39, 0.29) is 0 Å². The van der Waals surface area contributed by atoms with Crippen molar-refractivity contribution < 1.29 is 0 Å². The molecule has 0 saturated heterocycles. The highest BCUT2D eigenvalue weighted by atomic mass is 15.2. The summed E-state index contributed by atoms with van der Waals surface area (Å²) < 4.78 is 2.25. The second-order valence-electron chi connectivity index (χ2n) is 4.94. The maximum absolute atomic E-state index is 4.56. The standard InChI is InChI=1S/C14H27N3/c1-5-7-9-12(3)15-14-16-13(4)11-17(14)10-8-6-2/h11-12H,5-10H2,1-4H3,(H,15,16). The van der Waals surface area contributed by atoms with E-state index in [1.54, 1.807) is 0 Å². The first-order chi connectivity index (χ1) is 8.17. The van der Waals surface area contributed by atoms with E-state index in [1.165, 1.54) is 32.1 Å². The van der Waals surface area contributed by atoms with Crippen LogP contribution >= 0.6 is 0 Å². The zero-order valence-corrected chi connectivity index (χ0v) is 11.8. The van der Waals surface area contributed by atoms with Gasteiger partial charge in [0.05, 0.1) is 5.69 Å². The molecular formula is C14H27N3. The molecule has 1 rings (SSSR count). The molecule has 1 unspecified atom stereocenters. The molecule has 0 aliphatic heterocycles. The van der Waals surface area contributed by atoms with Gasteiger partial charge in [-0.1, -0.05) is 33.1 Å². The molecule has 0 radical (unpaired) electrons. The van der Waals surface area contributed by atoms with Crippen LogP contribution in [-0.2, 0) is 6.54 Å². The van der Waals surface area contributed by atoms with Gasteiger partial charge >= 0.3 is 0 Å². The average Bonchev–Trinajstić information content (AvgIpc) is 2.64. The summed E-state index contributed by atoms with van der Waals surface area (Å²) in [6.07, 6.45) is 8.34. The first kappa shape index (κ1) is 14.1. The van der Waals surface area contributed by atoms with E-state index in [4.69, 9.17) is 0 Å². The van der Waals surface area contributed by atoms with E-state index in [2.05, 4.69) is 48.8 Å². The van der Waals surface area contributed by atoms with Gasteiger partial charge in [-0.15, -0.1) is 0 Å². The van der Waals surface area contributed by atoms with Crippen molar-refractivity contribution in [3.8, 4) is 0 Å². The lowest BCUT2D eigenvalue weighted by Gasteiger charge is -2.15. The van der Waals surface area contributed by atoms with Crippen molar-refractivity contribution in [2.75, 3.05) is 5.32 Å². The van der Waals surface area contributed by atoms with E-state index in [9.17, 15) is 0 Å². The third-order valence-corrected chi connectivity index (χ3v) is 3.02. The van der Waals surface area contributed by atoms with E-state index in [0.717, 1.165) is 18.2 Å². The van der Waals surface area contributed by atoms with Gasteiger partial charge in [-0.05, 0) is 26.7 Å². The van der Waals surface area contributed by atoms with Crippen molar-refractivity contribution >= 4 is 5.95 Å². The van der Waals surface area contributed by atoms with Crippen molar-refractivity contribution in [2.45, 2.75) is 72.4 Å². The predicted molar refractivity (Wildman–Crippen MR) is 74.5 cm³/mol. The third kappa shape index (κ3) is 4.80. The van der Waals surface area contributed by atoms with Crippen molar-refractivity contribution in [3.05, 3.63) is 11.9 Å². The Labute approximate surface area is 106 Å². The molecule has 1 aromatic heterocycles. The minimum Gasteiger partial charge on any atom is -0.353 e. The summed E-state index contributed by atoms with van der Waals surface area (Å²) in [5, 5.41) is 3.53. The molecule has 0 aliphatic rings. The fourth-order valence-corrected chi connectivity index (χ4v) is 1.96. The van der Waals surface area contributed by atoms with Crippen LogP contribution in [0.4, 0.5) is 5.95 Å². The molecule has 1 atom stereocenters. The Morgan fingerprint density at radius 3 is 2.65 bits per heavy atom. The highest BCUT2D eigenvalue weighted by Crippen LogP contribution is 2.13. The fraction of sp³-hybridized carbons (Fsp3) is 0.786. The molecule has 1 aromatic rings. The van der Waals surface area contributed by atoms with Gasteiger partial charge in [0.15, 0.2) is 0 Å². The highest BCUT2D eigenvalue weighted by molar-refractivity contribution is 5.29. The van der Waals surface area contributed by atoms with Crippen LogP contribution in [0.15, 0.2) is 6.20 Å². The maximum Gasteiger partial charge on any atom is 0.203 e. The SMILES string of the molecule is CCCCC(C)Nc1nc(C)cn1CCCC. The molecular weight excluding hydrogens is 210 g/mol. The quantitative estimate of drug-likeness (QED) is 0.741. The number of hydrogen-bond donors (Lipinski definition) is 1. The largest absolute Gasteiger partial charge is 0.353 e. The fourth-order valence-electron chi connectivity index (χ4n) is 1.96. The third-order valence-electron chi connectivity index (χ3n) is 3.02. The maximum atomic E-state index is 4.56. The van der Waals surface area contributed by atoms with Crippen LogP contribution in [0.3, 0.4) is 0 Å². The van der Waals surface area contributed by atoms with E-state index >= 15 is 0 Å². The molecule has 17 heavy (non-hydrogen) atoms. The van der Waals surface area contributed by atoms with Crippen molar-refractivity contribution in [1.82, 2.24) is 9.55 Å². The monoisotopic (exact) mass is 237 g/mol. The molecule has 0 saturated carbocycles. The number of unbranched alkanes of at least 4 members (excludes halogenated alkanes) is 2. The molecule has 0 aromatic carbocycles. The lowest BCUT2D eigenvalue weighted by Crippen LogP contribution is -2.18. The van der Waals surface area contributed by atoms with Crippen molar-refractivity contribution in [3.63, 3.8) is 0 Å². The van der Waals surface area contributed by atoms with Crippen LogP contribution in [0.5, 0.6) is 0 Å². The summed E-state index contributed by atoms with van der Waals surface area (Å²) in [6, 6.07) is 0.511. The average molecular weight is 237 g/mol. The summed E-state index contributed by atoms with van der Waals surface area (Å²) in [7, 11) is 0. The Morgan fingerprint density at radius 2 is 2.00 bits per heavy atom. The molecule has 3 nitrogen and oxygen atoms in total. The first-order valence-corrected chi connectivity index (χ1v) is 6.97. The van der Waals surface area contributed by atoms with Crippen LogP contribution in [0.1, 0.15) is 58.6 Å². The van der Waals surface area contributed by atoms with Gasteiger partial charge in [0.1, 0.15) is 0 Å². The summed E-state index contributed by atoms with van der Waals surface area (Å²) in [5.74, 6) is 1.04. The lowest BCUT2D eigenvalue weighted by atomic mass is 10.1. The highest BCUT2D eigenvalue weighted by Gasteiger charge is 2.08. The Hall–Kier alpha value is -0.990. The van der Waals surface area contributed by atoms with Crippen molar-refractivity contribution in [2.24, 2.45) is 0 Å².